The molecule has 0 bridgehead atoms. The number of para-hydroxylation sites is 1. The Bertz CT molecular complexity index is 399. The third kappa shape index (κ3) is 5.63. The van der Waals surface area contributed by atoms with Gasteiger partial charge in [-0.3, -0.25) is 4.79 Å². The maximum absolute atomic E-state index is 12.0. The molecular formula is C14H22N2O2S. The lowest BCUT2D eigenvalue weighted by atomic mass is 10.1. The molecule has 5 heteroatoms. The summed E-state index contributed by atoms with van der Waals surface area (Å²) >= 11 is 1.69. The van der Waals surface area contributed by atoms with Gasteiger partial charge in [-0.2, -0.15) is 11.8 Å². The molecule has 1 aromatic rings. The van der Waals surface area contributed by atoms with Crippen molar-refractivity contribution in [2.75, 3.05) is 31.0 Å². The van der Waals surface area contributed by atoms with Gasteiger partial charge < -0.3 is 15.8 Å². The number of amides is 1. The molecule has 4 nitrogen and oxygen atoms in total. The van der Waals surface area contributed by atoms with Gasteiger partial charge in [0, 0.05) is 12.8 Å². The summed E-state index contributed by atoms with van der Waals surface area (Å²) in [7, 11) is 1.67. The van der Waals surface area contributed by atoms with E-state index < -0.39 is 6.04 Å². The zero-order valence-electron chi connectivity index (χ0n) is 11.5. The molecule has 3 N–H and O–H groups in total. The van der Waals surface area contributed by atoms with Crippen molar-refractivity contribution in [3.63, 3.8) is 0 Å². The van der Waals surface area contributed by atoms with Crippen molar-refractivity contribution in [1.82, 2.24) is 0 Å². The number of nitrogens with two attached hydrogens (primary N) is 1. The fourth-order valence-electron chi connectivity index (χ4n) is 1.67. The lowest BCUT2D eigenvalue weighted by Crippen LogP contribution is -2.36. The second-order valence-corrected chi connectivity index (χ2v) is 5.26. The first-order chi connectivity index (χ1) is 9.19. The first-order valence-electron chi connectivity index (χ1n) is 6.31. The Hall–Kier alpha value is -1.04. The predicted molar refractivity (Wildman–Crippen MR) is 81.6 cm³/mol. The molecule has 0 saturated carbocycles. The van der Waals surface area contributed by atoms with Crippen molar-refractivity contribution in [2.24, 2.45) is 5.73 Å². The van der Waals surface area contributed by atoms with E-state index in [9.17, 15) is 4.79 Å². The summed E-state index contributed by atoms with van der Waals surface area (Å²) in [5.74, 6) is 0.763. The second-order valence-electron chi connectivity index (χ2n) is 4.28. The third-order valence-electron chi connectivity index (χ3n) is 2.82. The number of carbonyl (C=O) groups is 1. The quantitative estimate of drug-likeness (QED) is 0.764. The molecule has 1 aromatic carbocycles. The summed E-state index contributed by atoms with van der Waals surface area (Å²) in [4.78, 5) is 12.0. The van der Waals surface area contributed by atoms with E-state index in [4.69, 9.17) is 10.5 Å². The Balaban J connectivity index is 2.62. The van der Waals surface area contributed by atoms with Gasteiger partial charge >= 0.3 is 0 Å². The topological polar surface area (TPSA) is 64.3 Å². The minimum atomic E-state index is -0.456. The molecule has 0 spiro atoms. The molecule has 0 aromatic heterocycles. The van der Waals surface area contributed by atoms with Crippen molar-refractivity contribution in [1.29, 1.82) is 0 Å². The molecule has 0 radical (unpaired) electrons. The summed E-state index contributed by atoms with van der Waals surface area (Å²) in [5.41, 5.74) is 7.74. The van der Waals surface area contributed by atoms with Gasteiger partial charge in [0.15, 0.2) is 0 Å². The summed E-state index contributed by atoms with van der Waals surface area (Å²) in [6.45, 7) is 0.630. The van der Waals surface area contributed by atoms with Crippen LogP contribution in [0.25, 0.3) is 0 Å². The third-order valence-corrected chi connectivity index (χ3v) is 3.46. The van der Waals surface area contributed by atoms with Crippen LogP contribution in [0.2, 0.25) is 0 Å². The van der Waals surface area contributed by atoms with Crippen LogP contribution < -0.4 is 11.1 Å². The zero-order chi connectivity index (χ0) is 14.1. The van der Waals surface area contributed by atoms with Crippen LogP contribution in [0.5, 0.6) is 0 Å². The van der Waals surface area contributed by atoms with Gasteiger partial charge in [0.1, 0.15) is 0 Å². The Morgan fingerprint density at radius 3 is 2.89 bits per heavy atom. The van der Waals surface area contributed by atoms with Crippen LogP contribution >= 0.6 is 11.8 Å². The minimum Gasteiger partial charge on any atom is -0.384 e. The molecule has 0 aliphatic heterocycles. The maximum atomic E-state index is 12.0. The van der Waals surface area contributed by atoms with E-state index in [0.717, 1.165) is 23.4 Å². The molecule has 0 aliphatic rings. The Morgan fingerprint density at radius 2 is 2.21 bits per heavy atom. The van der Waals surface area contributed by atoms with Crippen molar-refractivity contribution in [3.05, 3.63) is 29.8 Å². The van der Waals surface area contributed by atoms with Crippen molar-refractivity contribution >= 4 is 23.4 Å². The molecule has 0 heterocycles. The van der Waals surface area contributed by atoms with Gasteiger partial charge in [0.2, 0.25) is 5.91 Å². The number of carbonyl (C=O) groups excluding carboxylic acids is 1. The highest BCUT2D eigenvalue weighted by molar-refractivity contribution is 7.98. The smallest absolute Gasteiger partial charge is 0.241 e. The summed E-state index contributed by atoms with van der Waals surface area (Å²) in [6, 6.07) is 7.28. The van der Waals surface area contributed by atoms with Crippen molar-refractivity contribution < 1.29 is 9.53 Å². The molecule has 1 atom stereocenters. The summed E-state index contributed by atoms with van der Waals surface area (Å²) in [6.07, 6.45) is 3.46. The standard InChI is InChI=1S/C14H22N2O2S/c1-18-9-7-11-5-3-4-6-13(11)16-14(17)12(15)8-10-19-2/h3-6,12H,7-10,15H2,1-2H3,(H,16,17)/t12-/m1/s1. The van der Waals surface area contributed by atoms with E-state index in [0.29, 0.717) is 13.0 Å². The van der Waals surface area contributed by atoms with Crippen molar-refractivity contribution in [2.45, 2.75) is 18.9 Å². The van der Waals surface area contributed by atoms with Gasteiger partial charge in [0.05, 0.1) is 12.6 Å². The molecular weight excluding hydrogens is 260 g/mol. The number of ether oxygens (including phenoxy) is 1. The van der Waals surface area contributed by atoms with E-state index in [1.54, 1.807) is 18.9 Å². The molecule has 0 aliphatic carbocycles. The van der Waals surface area contributed by atoms with Gasteiger partial charge in [-0.15, -0.1) is 0 Å². The van der Waals surface area contributed by atoms with Crippen LogP contribution in [0.1, 0.15) is 12.0 Å². The lowest BCUT2D eigenvalue weighted by Gasteiger charge is -2.14. The highest BCUT2D eigenvalue weighted by atomic mass is 32.2. The van der Waals surface area contributed by atoms with Crippen LogP contribution in [-0.2, 0) is 16.0 Å². The van der Waals surface area contributed by atoms with Gasteiger partial charge in [0.25, 0.3) is 0 Å². The number of thioether (sulfide) groups is 1. The van der Waals surface area contributed by atoms with Gasteiger partial charge in [-0.1, -0.05) is 18.2 Å². The number of hydrogen-bond donors (Lipinski definition) is 2. The number of nitrogens with one attached hydrogen (secondary N) is 1. The number of anilines is 1. The van der Waals surface area contributed by atoms with E-state index in [-0.39, 0.29) is 5.91 Å². The van der Waals surface area contributed by atoms with E-state index in [1.165, 1.54) is 0 Å². The van der Waals surface area contributed by atoms with Crippen LogP contribution in [0.15, 0.2) is 24.3 Å². The first-order valence-corrected chi connectivity index (χ1v) is 7.70. The SMILES string of the molecule is COCCc1ccccc1NC(=O)[C@H](N)CCSC. The minimum absolute atomic E-state index is 0.126. The van der Waals surface area contributed by atoms with Gasteiger partial charge in [-0.05, 0) is 36.5 Å². The molecule has 1 amide bonds. The van der Waals surface area contributed by atoms with E-state index in [1.807, 2.05) is 30.5 Å². The summed E-state index contributed by atoms with van der Waals surface area (Å²) in [5, 5.41) is 2.90. The number of methoxy groups -OCH3 is 1. The molecule has 0 fully saturated rings. The van der Waals surface area contributed by atoms with Crippen LogP contribution in [-0.4, -0.2) is 37.7 Å². The predicted octanol–water partition coefficient (Wildman–Crippen LogP) is 1.89. The molecule has 0 saturated heterocycles. The monoisotopic (exact) mass is 282 g/mol. The van der Waals surface area contributed by atoms with Gasteiger partial charge in [-0.25, -0.2) is 0 Å². The highest BCUT2D eigenvalue weighted by Crippen LogP contribution is 2.16. The largest absolute Gasteiger partial charge is 0.384 e. The van der Waals surface area contributed by atoms with Crippen LogP contribution in [0.3, 0.4) is 0 Å². The Morgan fingerprint density at radius 1 is 1.47 bits per heavy atom. The fraction of sp³-hybridized carbons (Fsp3) is 0.500. The number of hydrogen-bond acceptors (Lipinski definition) is 4. The van der Waals surface area contributed by atoms with Crippen LogP contribution in [0, 0.1) is 0 Å². The van der Waals surface area contributed by atoms with E-state index >= 15 is 0 Å². The fourth-order valence-corrected chi connectivity index (χ4v) is 2.16. The average molecular weight is 282 g/mol. The summed E-state index contributed by atoms with van der Waals surface area (Å²) < 4.78 is 5.07. The molecule has 0 unspecified atom stereocenters. The lowest BCUT2D eigenvalue weighted by molar-refractivity contribution is -0.117. The first kappa shape index (κ1) is 16.0. The molecule has 106 valence electrons. The van der Waals surface area contributed by atoms with Crippen LogP contribution in [0.4, 0.5) is 5.69 Å². The Labute approximate surface area is 119 Å². The molecule has 1 rings (SSSR count). The number of benzene rings is 1. The highest BCUT2D eigenvalue weighted by Gasteiger charge is 2.14. The maximum Gasteiger partial charge on any atom is 0.241 e. The number of rotatable bonds is 8. The molecule has 19 heavy (non-hydrogen) atoms. The second kappa shape index (κ2) is 8.96. The Kier molecular flexibility index (Phi) is 7.55. The average Bonchev–Trinajstić information content (AvgIpc) is 2.43. The van der Waals surface area contributed by atoms with Crippen molar-refractivity contribution in [3.8, 4) is 0 Å². The van der Waals surface area contributed by atoms with E-state index in [2.05, 4.69) is 5.32 Å². The zero-order valence-corrected chi connectivity index (χ0v) is 12.3. The normalized spacial score (nSPS) is 12.2.